The Hall–Kier alpha value is -3.03. The zero-order chi connectivity index (χ0) is 23.3. The van der Waals surface area contributed by atoms with Crippen LogP contribution in [-0.2, 0) is 12.7 Å². The number of ether oxygens (including phenoxy) is 1. The number of para-hydroxylation sites is 1. The van der Waals surface area contributed by atoms with Crippen LogP contribution in [-0.4, -0.2) is 49.8 Å². The fourth-order valence-corrected chi connectivity index (χ4v) is 3.12. The summed E-state index contributed by atoms with van der Waals surface area (Å²) in [6, 6.07) is 7.40. The molecule has 0 aliphatic carbocycles. The predicted molar refractivity (Wildman–Crippen MR) is 116 cm³/mol. The number of alkyl halides is 3. The van der Waals surface area contributed by atoms with Gasteiger partial charge in [-0.25, -0.2) is 4.99 Å². The molecule has 5 nitrogen and oxygen atoms in total. The van der Waals surface area contributed by atoms with E-state index in [0.29, 0.717) is 5.56 Å². The first kappa shape index (κ1) is 24.2. The minimum absolute atomic E-state index is 0.0222. The first-order valence-corrected chi connectivity index (χ1v) is 9.83. The predicted octanol–water partition coefficient (Wildman–Crippen LogP) is 5.21. The maximum atomic E-state index is 13.3. The summed E-state index contributed by atoms with van der Waals surface area (Å²) in [6.07, 6.45) is -2.81. The molecule has 0 N–H and O–H groups in total. The summed E-state index contributed by atoms with van der Waals surface area (Å²) >= 11 is 0. The molecule has 168 valence electrons. The van der Waals surface area contributed by atoms with E-state index in [1.165, 1.54) is 24.1 Å². The van der Waals surface area contributed by atoms with E-state index in [-0.39, 0.29) is 23.8 Å². The summed E-state index contributed by atoms with van der Waals surface area (Å²) in [5.74, 6) is -0.562. The summed E-state index contributed by atoms with van der Waals surface area (Å²) in [5, 5.41) is 0. The van der Waals surface area contributed by atoms with Gasteiger partial charge >= 0.3 is 6.18 Å². The van der Waals surface area contributed by atoms with Gasteiger partial charge in [-0.15, -0.1) is 0 Å². The van der Waals surface area contributed by atoms with E-state index in [2.05, 4.69) is 4.99 Å². The molecule has 0 saturated heterocycles. The fourth-order valence-electron chi connectivity index (χ4n) is 3.12. The van der Waals surface area contributed by atoms with Crippen molar-refractivity contribution in [3.8, 4) is 5.75 Å². The first-order valence-electron chi connectivity index (χ1n) is 9.83. The van der Waals surface area contributed by atoms with Gasteiger partial charge in [-0.1, -0.05) is 12.1 Å². The second-order valence-corrected chi connectivity index (χ2v) is 7.43. The van der Waals surface area contributed by atoms with Gasteiger partial charge in [-0.2, -0.15) is 13.2 Å². The molecule has 1 amide bonds. The van der Waals surface area contributed by atoms with Crippen molar-refractivity contribution in [1.82, 2.24) is 9.80 Å². The fraction of sp³-hybridized carbons (Fsp3) is 0.391. The van der Waals surface area contributed by atoms with Gasteiger partial charge in [0.2, 0.25) is 0 Å². The van der Waals surface area contributed by atoms with E-state index >= 15 is 0 Å². The summed E-state index contributed by atoms with van der Waals surface area (Å²) in [4.78, 5) is 20.8. The van der Waals surface area contributed by atoms with Crippen molar-refractivity contribution >= 4 is 17.9 Å². The van der Waals surface area contributed by atoms with E-state index in [0.717, 1.165) is 29.4 Å². The number of aliphatic imine (C=N–C) groups is 1. The minimum atomic E-state index is -4.54. The molecular weight excluding hydrogens is 407 g/mol. The lowest BCUT2D eigenvalue weighted by molar-refractivity contribution is -0.138. The average Bonchev–Trinajstić information content (AvgIpc) is 2.72. The molecule has 0 spiro atoms. The van der Waals surface area contributed by atoms with Crippen molar-refractivity contribution in [2.24, 2.45) is 4.99 Å². The molecular formula is C23H28F3N3O2. The molecule has 0 heterocycles. The van der Waals surface area contributed by atoms with E-state index in [1.54, 1.807) is 19.5 Å². The maximum Gasteiger partial charge on any atom is 0.419 e. The van der Waals surface area contributed by atoms with Crippen molar-refractivity contribution in [3.05, 3.63) is 58.1 Å². The Morgan fingerprint density at radius 1 is 1.16 bits per heavy atom. The van der Waals surface area contributed by atoms with Crippen LogP contribution < -0.4 is 4.74 Å². The monoisotopic (exact) mass is 435 g/mol. The molecule has 2 rings (SSSR count). The van der Waals surface area contributed by atoms with Crippen molar-refractivity contribution in [1.29, 1.82) is 0 Å². The van der Waals surface area contributed by atoms with Gasteiger partial charge in [-0.05, 0) is 50.1 Å². The molecule has 0 saturated carbocycles. The van der Waals surface area contributed by atoms with Crippen molar-refractivity contribution in [2.75, 3.05) is 27.7 Å². The highest BCUT2D eigenvalue weighted by molar-refractivity contribution is 5.96. The third-order valence-electron chi connectivity index (χ3n) is 5.03. The summed E-state index contributed by atoms with van der Waals surface area (Å²) in [6.45, 7) is 6.49. The number of aryl methyl sites for hydroxylation is 2. The summed E-state index contributed by atoms with van der Waals surface area (Å²) in [5.41, 5.74) is 2.24. The van der Waals surface area contributed by atoms with Crippen LogP contribution in [0.1, 0.15) is 39.5 Å². The number of hydrogen-bond donors (Lipinski definition) is 0. The van der Waals surface area contributed by atoms with Crippen LogP contribution in [0.5, 0.6) is 5.75 Å². The lowest BCUT2D eigenvalue weighted by Gasteiger charge is -2.22. The second kappa shape index (κ2) is 9.85. The third-order valence-corrected chi connectivity index (χ3v) is 5.03. The molecule has 0 atom stereocenters. The van der Waals surface area contributed by atoms with Crippen LogP contribution in [0.25, 0.3) is 0 Å². The number of methoxy groups -OCH3 is 1. The summed E-state index contributed by atoms with van der Waals surface area (Å²) < 4.78 is 44.8. The molecule has 8 heteroatoms. The van der Waals surface area contributed by atoms with Crippen molar-refractivity contribution in [3.63, 3.8) is 0 Å². The van der Waals surface area contributed by atoms with Crippen LogP contribution in [0.4, 0.5) is 18.9 Å². The van der Waals surface area contributed by atoms with E-state index in [1.807, 2.05) is 38.8 Å². The van der Waals surface area contributed by atoms with Gasteiger partial charge in [0.25, 0.3) is 5.91 Å². The largest absolute Gasteiger partial charge is 0.496 e. The van der Waals surface area contributed by atoms with E-state index in [4.69, 9.17) is 4.74 Å². The highest BCUT2D eigenvalue weighted by atomic mass is 19.4. The number of benzene rings is 2. The van der Waals surface area contributed by atoms with Crippen molar-refractivity contribution in [2.45, 2.75) is 33.5 Å². The van der Waals surface area contributed by atoms with E-state index in [9.17, 15) is 18.0 Å². The van der Waals surface area contributed by atoms with Crippen LogP contribution in [0, 0.1) is 13.8 Å². The Bertz CT molecular complexity index is 971. The van der Waals surface area contributed by atoms with Crippen molar-refractivity contribution < 1.29 is 22.7 Å². The lowest BCUT2D eigenvalue weighted by Crippen LogP contribution is -2.27. The van der Waals surface area contributed by atoms with Gasteiger partial charge in [-0.3, -0.25) is 4.79 Å². The number of rotatable bonds is 7. The molecule has 2 aromatic rings. The molecule has 0 aliphatic rings. The van der Waals surface area contributed by atoms with Crippen LogP contribution in [0.2, 0.25) is 0 Å². The molecule has 2 aromatic carbocycles. The van der Waals surface area contributed by atoms with Gasteiger partial charge in [0, 0.05) is 38.3 Å². The highest BCUT2D eigenvalue weighted by Crippen LogP contribution is 2.38. The van der Waals surface area contributed by atoms with Gasteiger partial charge < -0.3 is 14.5 Å². The minimum Gasteiger partial charge on any atom is -0.496 e. The standard InChI is InChI=1S/C23H28F3N3O2/c1-7-28(4)14-27-20-12-15(2)18(11-16(20)3)22(30)29(5)13-17-9-8-10-19(21(17)31-6)23(24,25)26/h8-12,14H,7,13H2,1-6H3/b27-14+. The Morgan fingerprint density at radius 2 is 1.84 bits per heavy atom. The molecule has 0 radical (unpaired) electrons. The number of amides is 1. The SMILES string of the molecule is CCN(C)/C=N/c1cc(C)c(C(=O)N(C)Cc2cccc(C(F)(F)F)c2OC)cc1C. The lowest BCUT2D eigenvalue weighted by atomic mass is 10.0. The van der Waals surface area contributed by atoms with Gasteiger partial charge in [0.05, 0.1) is 24.7 Å². The zero-order valence-corrected chi connectivity index (χ0v) is 18.7. The number of carbonyl (C=O) groups is 1. The first-order chi connectivity index (χ1) is 14.5. The Labute approximate surface area is 181 Å². The number of carbonyl (C=O) groups excluding carboxylic acids is 1. The molecule has 0 aromatic heterocycles. The molecule has 0 aliphatic heterocycles. The third kappa shape index (κ3) is 5.77. The normalized spacial score (nSPS) is 11.6. The molecule has 0 bridgehead atoms. The highest BCUT2D eigenvalue weighted by Gasteiger charge is 2.35. The number of halogens is 3. The zero-order valence-electron chi connectivity index (χ0n) is 18.7. The second-order valence-electron chi connectivity index (χ2n) is 7.43. The Morgan fingerprint density at radius 3 is 2.42 bits per heavy atom. The smallest absolute Gasteiger partial charge is 0.419 e. The number of hydrogen-bond acceptors (Lipinski definition) is 3. The van der Waals surface area contributed by atoms with E-state index < -0.39 is 11.7 Å². The average molecular weight is 435 g/mol. The quantitative estimate of drug-likeness (QED) is 0.443. The number of nitrogens with zero attached hydrogens (tertiary/aromatic N) is 3. The Kier molecular flexibility index (Phi) is 7.70. The molecule has 0 fully saturated rings. The van der Waals surface area contributed by atoms with Gasteiger partial charge in [0.15, 0.2) is 0 Å². The summed E-state index contributed by atoms with van der Waals surface area (Å²) in [7, 11) is 4.66. The molecule has 0 unspecified atom stereocenters. The topological polar surface area (TPSA) is 45.1 Å². The maximum absolute atomic E-state index is 13.3. The van der Waals surface area contributed by atoms with Crippen LogP contribution in [0.3, 0.4) is 0 Å². The van der Waals surface area contributed by atoms with Crippen LogP contribution in [0.15, 0.2) is 35.3 Å². The molecule has 31 heavy (non-hydrogen) atoms. The van der Waals surface area contributed by atoms with Gasteiger partial charge in [0.1, 0.15) is 5.75 Å². The van der Waals surface area contributed by atoms with Crippen LogP contribution >= 0.6 is 0 Å². The Balaban J connectivity index is 2.31.